The van der Waals surface area contributed by atoms with E-state index >= 15 is 0 Å². The Kier molecular flexibility index (Phi) is 8.63. The SMILES string of the molecule is CCCCCCCCCCC(=O)Nc1ccc(-c2nnc(-c3ccccc3)o2)cc1. The number of nitrogens with zero attached hydrogens (tertiary/aromatic N) is 2. The van der Waals surface area contributed by atoms with Crippen LogP contribution < -0.4 is 5.32 Å². The Labute approximate surface area is 178 Å². The van der Waals surface area contributed by atoms with Crippen LogP contribution in [0.2, 0.25) is 0 Å². The van der Waals surface area contributed by atoms with Crippen molar-refractivity contribution in [2.24, 2.45) is 0 Å². The number of benzene rings is 2. The fourth-order valence-corrected chi connectivity index (χ4v) is 3.38. The van der Waals surface area contributed by atoms with E-state index in [2.05, 4.69) is 22.4 Å². The zero-order chi connectivity index (χ0) is 21.0. The smallest absolute Gasteiger partial charge is 0.248 e. The van der Waals surface area contributed by atoms with Gasteiger partial charge in [-0.15, -0.1) is 10.2 Å². The second-order valence-corrected chi connectivity index (χ2v) is 7.63. The highest BCUT2D eigenvalue weighted by Crippen LogP contribution is 2.24. The van der Waals surface area contributed by atoms with Gasteiger partial charge in [0.25, 0.3) is 0 Å². The van der Waals surface area contributed by atoms with Gasteiger partial charge < -0.3 is 9.73 Å². The summed E-state index contributed by atoms with van der Waals surface area (Å²) in [5, 5.41) is 11.2. The van der Waals surface area contributed by atoms with Crippen molar-refractivity contribution in [2.75, 3.05) is 5.32 Å². The molecular weight excluding hydrogens is 374 g/mol. The first kappa shape index (κ1) is 21.8. The fraction of sp³-hybridized carbons (Fsp3) is 0.400. The van der Waals surface area contributed by atoms with Crippen molar-refractivity contribution < 1.29 is 9.21 Å². The summed E-state index contributed by atoms with van der Waals surface area (Å²) in [7, 11) is 0. The van der Waals surface area contributed by atoms with Crippen LogP contribution >= 0.6 is 0 Å². The molecule has 0 aliphatic carbocycles. The molecule has 1 aromatic heterocycles. The third-order valence-corrected chi connectivity index (χ3v) is 5.12. The minimum Gasteiger partial charge on any atom is -0.416 e. The minimum atomic E-state index is 0.0675. The maximum Gasteiger partial charge on any atom is 0.248 e. The molecular formula is C25H31N3O2. The zero-order valence-corrected chi connectivity index (χ0v) is 17.8. The third-order valence-electron chi connectivity index (χ3n) is 5.12. The number of amides is 1. The van der Waals surface area contributed by atoms with Crippen LogP contribution in [0.25, 0.3) is 22.9 Å². The van der Waals surface area contributed by atoms with Crippen LogP contribution in [0.3, 0.4) is 0 Å². The molecule has 3 rings (SSSR count). The molecule has 3 aromatic rings. The van der Waals surface area contributed by atoms with Crippen molar-refractivity contribution in [2.45, 2.75) is 64.7 Å². The average molecular weight is 406 g/mol. The van der Waals surface area contributed by atoms with Crippen molar-refractivity contribution in [1.29, 1.82) is 0 Å². The van der Waals surface area contributed by atoms with E-state index in [-0.39, 0.29) is 5.91 Å². The van der Waals surface area contributed by atoms with E-state index in [1.807, 2.05) is 54.6 Å². The number of aromatic nitrogens is 2. The molecule has 1 amide bonds. The van der Waals surface area contributed by atoms with Gasteiger partial charge in [0.05, 0.1) is 0 Å². The van der Waals surface area contributed by atoms with E-state index in [0.717, 1.165) is 29.7 Å². The van der Waals surface area contributed by atoms with Gasteiger partial charge in [-0.2, -0.15) is 0 Å². The molecule has 158 valence electrons. The standard InChI is InChI=1S/C25H31N3O2/c1-2-3-4-5-6-7-8-12-15-23(29)26-22-18-16-21(17-19-22)25-28-27-24(30-25)20-13-10-9-11-14-20/h9-11,13-14,16-19H,2-8,12,15H2,1H3,(H,26,29). The van der Waals surface area contributed by atoms with Crippen LogP contribution in [0.15, 0.2) is 59.0 Å². The van der Waals surface area contributed by atoms with Gasteiger partial charge >= 0.3 is 0 Å². The van der Waals surface area contributed by atoms with E-state index < -0.39 is 0 Å². The highest BCUT2D eigenvalue weighted by molar-refractivity contribution is 5.90. The summed E-state index contributed by atoms with van der Waals surface area (Å²) in [6.07, 6.45) is 10.4. The molecule has 0 radical (unpaired) electrons. The molecule has 1 N–H and O–H groups in total. The molecule has 5 heteroatoms. The van der Waals surface area contributed by atoms with Crippen LogP contribution in [-0.2, 0) is 4.79 Å². The van der Waals surface area contributed by atoms with Gasteiger partial charge in [0, 0.05) is 23.2 Å². The Morgan fingerprint density at radius 3 is 1.97 bits per heavy atom. The van der Waals surface area contributed by atoms with Gasteiger partial charge in [-0.05, 0) is 42.8 Å². The lowest BCUT2D eigenvalue weighted by molar-refractivity contribution is -0.116. The predicted molar refractivity (Wildman–Crippen MR) is 121 cm³/mol. The Hall–Kier alpha value is -2.95. The van der Waals surface area contributed by atoms with Gasteiger partial charge in [0.1, 0.15) is 0 Å². The van der Waals surface area contributed by atoms with Crippen molar-refractivity contribution in [3.05, 3.63) is 54.6 Å². The minimum absolute atomic E-state index is 0.0675. The number of anilines is 1. The van der Waals surface area contributed by atoms with Crippen LogP contribution in [0, 0.1) is 0 Å². The van der Waals surface area contributed by atoms with E-state index in [4.69, 9.17) is 4.42 Å². The molecule has 0 atom stereocenters. The number of hydrogen-bond donors (Lipinski definition) is 1. The molecule has 1 heterocycles. The molecule has 5 nitrogen and oxygen atoms in total. The maximum absolute atomic E-state index is 12.1. The Morgan fingerprint density at radius 2 is 1.33 bits per heavy atom. The summed E-state index contributed by atoms with van der Waals surface area (Å²) in [4.78, 5) is 12.1. The lowest BCUT2D eigenvalue weighted by atomic mass is 10.1. The molecule has 0 unspecified atom stereocenters. The molecule has 2 aromatic carbocycles. The molecule has 0 aliphatic rings. The fourth-order valence-electron chi connectivity index (χ4n) is 3.38. The molecule has 0 aliphatic heterocycles. The third kappa shape index (κ3) is 6.83. The first-order chi connectivity index (χ1) is 14.8. The van der Waals surface area contributed by atoms with Crippen molar-refractivity contribution in [1.82, 2.24) is 10.2 Å². The Balaban J connectivity index is 1.41. The van der Waals surface area contributed by atoms with Gasteiger partial charge in [0.2, 0.25) is 17.7 Å². The normalized spacial score (nSPS) is 10.8. The monoisotopic (exact) mass is 405 g/mol. The van der Waals surface area contributed by atoms with Gasteiger partial charge in [-0.1, -0.05) is 70.1 Å². The molecule has 0 bridgehead atoms. The zero-order valence-electron chi connectivity index (χ0n) is 17.8. The number of nitrogens with one attached hydrogen (secondary N) is 1. The van der Waals surface area contributed by atoms with Crippen LogP contribution in [0.4, 0.5) is 5.69 Å². The number of hydrogen-bond acceptors (Lipinski definition) is 4. The number of unbranched alkanes of at least 4 members (excludes halogenated alkanes) is 7. The highest BCUT2D eigenvalue weighted by Gasteiger charge is 2.10. The summed E-state index contributed by atoms with van der Waals surface area (Å²) in [6.45, 7) is 2.24. The largest absolute Gasteiger partial charge is 0.416 e. The second-order valence-electron chi connectivity index (χ2n) is 7.63. The molecule has 0 saturated heterocycles. The highest BCUT2D eigenvalue weighted by atomic mass is 16.4. The summed E-state index contributed by atoms with van der Waals surface area (Å²) in [5.41, 5.74) is 2.50. The maximum atomic E-state index is 12.1. The summed E-state index contributed by atoms with van der Waals surface area (Å²) in [5.74, 6) is 1.02. The summed E-state index contributed by atoms with van der Waals surface area (Å²) in [6, 6.07) is 17.2. The molecule has 0 spiro atoms. The van der Waals surface area contributed by atoms with Crippen LogP contribution in [-0.4, -0.2) is 16.1 Å². The number of carbonyl (C=O) groups excluding carboxylic acids is 1. The van der Waals surface area contributed by atoms with Crippen LogP contribution in [0.1, 0.15) is 64.7 Å². The Morgan fingerprint density at radius 1 is 0.767 bits per heavy atom. The van der Waals surface area contributed by atoms with Gasteiger partial charge in [-0.25, -0.2) is 0 Å². The first-order valence-electron chi connectivity index (χ1n) is 11.1. The van der Waals surface area contributed by atoms with Gasteiger partial charge in [0.15, 0.2) is 0 Å². The first-order valence-corrected chi connectivity index (χ1v) is 11.1. The van der Waals surface area contributed by atoms with E-state index in [1.165, 1.54) is 38.5 Å². The topological polar surface area (TPSA) is 68.0 Å². The molecule has 0 fully saturated rings. The van der Waals surface area contributed by atoms with Crippen molar-refractivity contribution >= 4 is 11.6 Å². The second kappa shape index (κ2) is 11.9. The molecule has 30 heavy (non-hydrogen) atoms. The lowest BCUT2D eigenvalue weighted by Gasteiger charge is -2.06. The predicted octanol–water partition coefficient (Wildman–Crippen LogP) is 6.87. The van der Waals surface area contributed by atoms with Crippen LogP contribution in [0.5, 0.6) is 0 Å². The average Bonchev–Trinajstić information content (AvgIpc) is 3.27. The van der Waals surface area contributed by atoms with E-state index in [0.29, 0.717) is 18.2 Å². The lowest BCUT2D eigenvalue weighted by Crippen LogP contribution is -2.10. The number of rotatable bonds is 12. The van der Waals surface area contributed by atoms with Gasteiger partial charge in [-0.3, -0.25) is 4.79 Å². The van der Waals surface area contributed by atoms with Crippen molar-refractivity contribution in [3.8, 4) is 22.9 Å². The summed E-state index contributed by atoms with van der Waals surface area (Å²) < 4.78 is 5.77. The quantitative estimate of drug-likeness (QED) is 0.334. The van der Waals surface area contributed by atoms with E-state index in [1.54, 1.807) is 0 Å². The van der Waals surface area contributed by atoms with E-state index in [9.17, 15) is 4.79 Å². The molecule has 0 saturated carbocycles. The Bertz CT molecular complexity index is 888. The summed E-state index contributed by atoms with van der Waals surface area (Å²) >= 11 is 0. The van der Waals surface area contributed by atoms with Crippen molar-refractivity contribution in [3.63, 3.8) is 0 Å². The number of carbonyl (C=O) groups is 1.